The standard InChI is InChI=1S/C23H26N2O6/c1-2-30-17-6-3-5-16(15-17)20-19(21(26)18-7-4-12-31-18)22(27)23(28)25(20)9-8-24-10-13-29-14-11-24/h3-7,12,15,20,27H,2,8-11,13-14H2,1H3/t20-/m1/s1. The normalized spacial score (nSPS) is 19.8. The van der Waals surface area contributed by atoms with E-state index in [0.29, 0.717) is 44.2 Å². The number of hydrogen-bond donors (Lipinski definition) is 1. The van der Waals surface area contributed by atoms with Crippen LogP contribution in [0, 0.1) is 0 Å². The summed E-state index contributed by atoms with van der Waals surface area (Å²) in [5.41, 5.74) is 0.718. The quantitative estimate of drug-likeness (QED) is 0.649. The van der Waals surface area contributed by atoms with E-state index >= 15 is 0 Å². The van der Waals surface area contributed by atoms with Crippen molar-refractivity contribution >= 4 is 11.7 Å². The Morgan fingerprint density at radius 1 is 1.19 bits per heavy atom. The Morgan fingerprint density at radius 2 is 2.00 bits per heavy atom. The molecule has 0 radical (unpaired) electrons. The molecule has 2 aromatic rings. The number of aliphatic hydroxyl groups excluding tert-OH is 1. The van der Waals surface area contributed by atoms with E-state index in [9.17, 15) is 14.7 Å². The van der Waals surface area contributed by atoms with Gasteiger partial charge in [-0.3, -0.25) is 14.5 Å². The molecular formula is C23H26N2O6. The van der Waals surface area contributed by atoms with Gasteiger partial charge in [0, 0.05) is 26.2 Å². The molecule has 0 aliphatic carbocycles. The van der Waals surface area contributed by atoms with Crippen molar-refractivity contribution in [3.05, 3.63) is 65.3 Å². The fraction of sp³-hybridized carbons (Fsp3) is 0.391. The number of nitrogens with zero attached hydrogens (tertiary/aromatic N) is 2. The molecule has 1 fully saturated rings. The number of hydrogen-bond acceptors (Lipinski definition) is 7. The first-order valence-electron chi connectivity index (χ1n) is 10.4. The maximum absolute atomic E-state index is 13.2. The summed E-state index contributed by atoms with van der Waals surface area (Å²) in [7, 11) is 0. The molecular weight excluding hydrogens is 400 g/mol. The van der Waals surface area contributed by atoms with Gasteiger partial charge >= 0.3 is 0 Å². The van der Waals surface area contributed by atoms with Crippen LogP contribution in [0.2, 0.25) is 0 Å². The van der Waals surface area contributed by atoms with Gasteiger partial charge in [-0.1, -0.05) is 12.1 Å². The zero-order chi connectivity index (χ0) is 21.8. The number of Topliss-reactive ketones (excluding diaryl/α,β-unsaturated/α-hetero) is 1. The molecule has 0 spiro atoms. The molecule has 0 saturated carbocycles. The van der Waals surface area contributed by atoms with Gasteiger partial charge in [0.25, 0.3) is 5.91 Å². The van der Waals surface area contributed by atoms with Crippen LogP contribution in [0.5, 0.6) is 5.75 Å². The Labute approximate surface area is 180 Å². The van der Waals surface area contributed by atoms with Crippen LogP contribution in [0.1, 0.15) is 29.1 Å². The van der Waals surface area contributed by atoms with E-state index in [1.54, 1.807) is 17.0 Å². The van der Waals surface area contributed by atoms with Crippen molar-refractivity contribution in [2.45, 2.75) is 13.0 Å². The summed E-state index contributed by atoms with van der Waals surface area (Å²) in [4.78, 5) is 29.9. The van der Waals surface area contributed by atoms with Gasteiger partial charge in [0.15, 0.2) is 11.5 Å². The van der Waals surface area contributed by atoms with Crippen LogP contribution < -0.4 is 4.74 Å². The number of aliphatic hydroxyl groups is 1. The second-order valence-corrected chi connectivity index (χ2v) is 7.43. The highest BCUT2D eigenvalue weighted by Crippen LogP contribution is 2.39. The Balaban J connectivity index is 1.67. The summed E-state index contributed by atoms with van der Waals surface area (Å²) in [6.07, 6.45) is 1.39. The lowest BCUT2D eigenvalue weighted by molar-refractivity contribution is -0.129. The number of rotatable bonds is 8. The van der Waals surface area contributed by atoms with E-state index in [4.69, 9.17) is 13.9 Å². The molecule has 8 heteroatoms. The van der Waals surface area contributed by atoms with Gasteiger partial charge in [0.1, 0.15) is 5.75 Å². The second kappa shape index (κ2) is 9.36. The molecule has 31 heavy (non-hydrogen) atoms. The molecule has 2 aliphatic rings. The predicted octanol–water partition coefficient (Wildman–Crippen LogP) is 2.59. The summed E-state index contributed by atoms with van der Waals surface area (Å²) >= 11 is 0. The van der Waals surface area contributed by atoms with Crippen LogP contribution in [-0.2, 0) is 9.53 Å². The van der Waals surface area contributed by atoms with Gasteiger partial charge in [-0.2, -0.15) is 0 Å². The number of carbonyl (C=O) groups excluding carboxylic acids is 2. The second-order valence-electron chi connectivity index (χ2n) is 7.43. The molecule has 1 saturated heterocycles. The van der Waals surface area contributed by atoms with Crippen molar-refractivity contribution in [1.82, 2.24) is 9.80 Å². The van der Waals surface area contributed by atoms with Crippen molar-refractivity contribution < 1.29 is 28.6 Å². The van der Waals surface area contributed by atoms with E-state index in [0.717, 1.165) is 13.1 Å². The van der Waals surface area contributed by atoms with Crippen molar-refractivity contribution in [3.63, 3.8) is 0 Å². The number of benzene rings is 1. The van der Waals surface area contributed by atoms with E-state index in [1.807, 2.05) is 25.1 Å². The third kappa shape index (κ3) is 4.35. The van der Waals surface area contributed by atoms with Gasteiger partial charge in [0.05, 0.1) is 37.7 Å². The number of ketones is 1. The molecule has 2 aliphatic heterocycles. The average molecular weight is 426 g/mol. The van der Waals surface area contributed by atoms with Crippen LogP contribution >= 0.6 is 0 Å². The third-order valence-corrected chi connectivity index (χ3v) is 5.54. The first kappa shape index (κ1) is 21.1. The Kier molecular flexibility index (Phi) is 6.39. The van der Waals surface area contributed by atoms with Crippen LogP contribution in [0.25, 0.3) is 0 Å². The zero-order valence-electron chi connectivity index (χ0n) is 17.5. The van der Waals surface area contributed by atoms with Gasteiger partial charge in [0.2, 0.25) is 5.78 Å². The average Bonchev–Trinajstić information content (AvgIpc) is 3.41. The van der Waals surface area contributed by atoms with Crippen LogP contribution in [-0.4, -0.2) is 72.6 Å². The highest BCUT2D eigenvalue weighted by Gasteiger charge is 2.44. The largest absolute Gasteiger partial charge is 0.503 e. The highest BCUT2D eigenvalue weighted by molar-refractivity contribution is 6.15. The summed E-state index contributed by atoms with van der Waals surface area (Å²) in [6.45, 7) is 6.23. The summed E-state index contributed by atoms with van der Waals surface area (Å²) in [5.74, 6) is -0.881. The Hall–Kier alpha value is -3.10. The van der Waals surface area contributed by atoms with E-state index in [2.05, 4.69) is 4.90 Å². The fourth-order valence-corrected chi connectivity index (χ4v) is 4.02. The van der Waals surface area contributed by atoms with E-state index < -0.39 is 23.5 Å². The third-order valence-electron chi connectivity index (χ3n) is 5.54. The van der Waals surface area contributed by atoms with E-state index in [-0.39, 0.29) is 11.3 Å². The van der Waals surface area contributed by atoms with Gasteiger partial charge in [-0.05, 0) is 36.8 Å². The minimum Gasteiger partial charge on any atom is -0.503 e. The van der Waals surface area contributed by atoms with Crippen molar-refractivity contribution in [2.75, 3.05) is 46.0 Å². The molecule has 1 aromatic carbocycles. The Morgan fingerprint density at radius 3 is 2.71 bits per heavy atom. The van der Waals surface area contributed by atoms with Gasteiger partial charge in [-0.25, -0.2) is 0 Å². The lowest BCUT2D eigenvalue weighted by Crippen LogP contribution is -2.43. The zero-order valence-corrected chi connectivity index (χ0v) is 17.5. The number of carbonyl (C=O) groups is 2. The van der Waals surface area contributed by atoms with Crippen LogP contribution in [0.15, 0.2) is 58.4 Å². The number of furan rings is 1. The SMILES string of the molecule is CCOc1cccc([C@@H]2C(C(=O)c3ccco3)=C(O)C(=O)N2CCN2CCOCC2)c1. The summed E-state index contributed by atoms with van der Waals surface area (Å²) in [5, 5.41) is 10.7. The Bertz CT molecular complexity index is 962. The molecule has 1 N–H and O–H groups in total. The molecule has 164 valence electrons. The number of morpholine rings is 1. The van der Waals surface area contributed by atoms with Gasteiger partial charge < -0.3 is 23.9 Å². The van der Waals surface area contributed by atoms with Crippen molar-refractivity contribution in [1.29, 1.82) is 0 Å². The summed E-state index contributed by atoms with van der Waals surface area (Å²) in [6, 6.07) is 9.66. The molecule has 3 heterocycles. The highest BCUT2D eigenvalue weighted by atomic mass is 16.5. The fourth-order valence-electron chi connectivity index (χ4n) is 4.02. The molecule has 1 amide bonds. The maximum atomic E-state index is 13.2. The maximum Gasteiger partial charge on any atom is 0.290 e. The minimum atomic E-state index is -0.730. The molecule has 0 bridgehead atoms. The lowest BCUT2D eigenvalue weighted by atomic mass is 9.95. The van der Waals surface area contributed by atoms with E-state index in [1.165, 1.54) is 12.3 Å². The van der Waals surface area contributed by atoms with Crippen LogP contribution in [0.3, 0.4) is 0 Å². The molecule has 0 unspecified atom stereocenters. The lowest BCUT2D eigenvalue weighted by Gasteiger charge is -2.31. The first-order chi connectivity index (χ1) is 15.1. The number of ether oxygens (including phenoxy) is 2. The minimum absolute atomic E-state index is 0.0237. The number of amides is 1. The van der Waals surface area contributed by atoms with Crippen molar-refractivity contribution in [2.24, 2.45) is 0 Å². The first-order valence-corrected chi connectivity index (χ1v) is 10.4. The summed E-state index contributed by atoms with van der Waals surface area (Å²) < 4.78 is 16.3. The topological polar surface area (TPSA) is 92.5 Å². The van der Waals surface area contributed by atoms with Gasteiger partial charge in [-0.15, -0.1) is 0 Å². The molecule has 1 atom stereocenters. The predicted molar refractivity (Wildman–Crippen MR) is 112 cm³/mol. The van der Waals surface area contributed by atoms with Crippen LogP contribution in [0.4, 0.5) is 0 Å². The monoisotopic (exact) mass is 426 g/mol. The molecule has 1 aromatic heterocycles. The molecule has 4 rings (SSSR count). The smallest absolute Gasteiger partial charge is 0.290 e. The molecule has 8 nitrogen and oxygen atoms in total. The van der Waals surface area contributed by atoms with Crippen molar-refractivity contribution in [3.8, 4) is 5.75 Å².